The molecule has 0 fully saturated rings. The van der Waals surface area contributed by atoms with E-state index in [0.717, 1.165) is 16.8 Å². The van der Waals surface area contributed by atoms with Gasteiger partial charge in [0.15, 0.2) is 0 Å². The molecule has 8 heteroatoms. The third-order valence-electron chi connectivity index (χ3n) is 4.89. The van der Waals surface area contributed by atoms with E-state index in [9.17, 15) is 12.8 Å². The third kappa shape index (κ3) is 2.94. The molecule has 0 amide bonds. The molecular weight excluding hydrogens is 371 g/mol. The summed E-state index contributed by atoms with van der Waals surface area (Å²) in [4.78, 5) is 3.32. The number of benzene rings is 2. The largest absolute Gasteiger partial charge is 0.497 e. The number of rotatable bonds is 4. The first kappa shape index (κ1) is 17.8. The third-order valence-corrected chi connectivity index (χ3v) is 6.76. The summed E-state index contributed by atoms with van der Waals surface area (Å²) in [6.45, 7) is 0.493. The topological polar surface area (TPSA) is 71.6 Å². The molecule has 0 unspecified atom stereocenters. The first-order valence-corrected chi connectivity index (χ1v) is 9.89. The molecule has 2 heterocycles. The first-order chi connectivity index (χ1) is 12.9. The van der Waals surface area contributed by atoms with Gasteiger partial charge in [-0.25, -0.2) is 12.8 Å². The van der Waals surface area contributed by atoms with Gasteiger partial charge in [0, 0.05) is 42.2 Å². The van der Waals surface area contributed by atoms with Crippen molar-refractivity contribution in [2.75, 3.05) is 20.8 Å². The van der Waals surface area contributed by atoms with Gasteiger partial charge in [-0.15, -0.1) is 0 Å². The predicted octanol–water partition coefficient (Wildman–Crippen LogP) is 3.07. The van der Waals surface area contributed by atoms with E-state index in [2.05, 4.69) is 4.98 Å². The van der Waals surface area contributed by atoms with E-state index >= 15 is 0 Å². The van der Waals surface area contributed by atoms with Gasteiger partial charge in [-0.1, -0.05) is 0 Å². The number of aromatic amines is 1. The molecule has 2 aromatic carbocycles. The van der Waals surface area contributed by atoms with Crippen molar-refractivity contribution < 1.29 is 22.3 Å². The maximum absolute atomic E-state index is 13.7. The summed E-state index contributed by atoms with van der Waals surface area (Å²) >= 11 is 0. The number of H-pyrrole nitrogens is 1. The van der Waals surface area contributed by atoms with E-state index in [4.69, 9.17) is 9.47 Å². The zero-order chi connectivity index (χ0) is 19.2. The van der Waals surface area contributed by atoms with Gasteiger partial charge in [0.2, 0.25) is 10.0 Å². The van der Waals surface area contributed by atoms with Crippen LogP contribution < -0.4 is 9.47 Å². The summed E-state index contributed by atoms with van der Waals surface area (Å²) in [7, 11) is -0.910. The molecule has 0 atom stereocenters. The minimum Gasteiger partial charge on any atom is -0.497 e. The molecule has 6 nitrogen and oxygen atoms in total. The van der Waals surface area contributed by atoms with Crippen LogP contribution in [0.4, 0.5) is 4.39 Å². The number of nitrogens with zero attached hydrogens (tertiary/aromatic N) is 1. The maximum atomic E-state index is 13.7. The fourth-order valence-electron chi connectivity index (χ4n) is 3.49. The van der Waals surface area contributed by atoms with Crippen LogP contribution in [0.15, 0.2) is 41.3 Å². The standard InChI is InChI=1S/C19H19FN2O4S/c1-25-13-4-6-18(26-2)19(10-13)27(23,24)22-8-7-17-15(11-22)14-9-12(20)3-5-16(14)21-17/h3-6,9-10,21H,7-8,11H2,1-2H3. The molecular formula is C19H19FN2O4S. The van der Waals surface area contributed by atoms with Crippen molar-refractivity contribution >= 4 is 20.9 Å². The summed E-state index contributed by atoms with van der Waals surface area (Å²) in [6, 6.07) is 9.18. The Kier molecular flexibility index (Phi) is 4.32. The molecule has 0 aliphatic carbocycles. The normalized spacial score (nSPS) is 14.9. The Morgan fingerprint density at radius 3 is 2.67 bits per heavy atom. The van der Waals surface area contributed by atoms with E-state index in [-0.39, 0.29) is 23.0 Å². The van der Waals surface area contributed by atoms with Crippen LogP contribution in [0.5, 0.6) is 11.5 Å². The van der Waals surface area contributed by atoms with Gasteiger partial charge < -0.3 is 14.5 Å². The first-order valence-electron chi connectivity index (χ1n) is 8.45. The maximum Gasteiger partial charge on any atom is 0.247 e. The lowest BCUT2D eigenvalue weighted by atomic mass is 10.1. The number of nitrogens with one attached hydrogen (secondary N) is 1. The summed E-state index contributed by atoms with van der Waals surface area (Å²) in [6.07, 6.45) is 0.525. The van der Waals surface area contributed by atoms with Gasteiger partial charge in [0.25, 0.3) is 0 Å². The molecule has 0 radical (unpaired) electrons. The van der Waals surface area contributed by atoms with Crippen molar-refractivity contribution in [3.8, 4) is 11.5 Å². The number of fused-ring (bicyclic) bond motifs is 3. The minimum atomic E-state index is -3.82. The fourth-order valence-corrected chi connectivity index (χ4v) is 5.07. The summed E-state index contributed by atoms with van der Waals surface area (Å²) in [5, 5.41) is 0.711. The number of hydrogen-bond donors (Lipinski definition) is 1. The van der Waals surface area contributed by atoms with Crippen molar-refractivity contribution in [1.82, 2.24) is 9.29 Å². The molecule has 0 saturated carbocycles. The second kappa shape index (κ2) is 6.54. The van der Waals surface area contributed by atoms with Crippen LogP contribution in [0.3, 0.4) is 0 Å². The lowest BCUT2D eigenvalue weighted by Crippen LogP contribution is -2.36. The van der Waals surface area contributed by atoms with Crippen molar-refractivity contribution in [2.24, 2.45) is 0 Å². The zero-order valence-electron chi connectivity index (χ0n) is 15.0. The van der Waals surface area contributed by atoms with E-state index in [1.807, 2.05) is 0 Å². The Morgan fingerprint density at radius 1 is 1.11 bits per heavy atom. The van der Waals surface area contributed by atoms with Gasteiger partial charge in [0.1, 0.15) is 22.2 Å². The highest BCUT2D eigenvalue weighted by molar-refractivity contribution is 7.89. The summed E-state index contributed by atoms with van der Waals surface area (Å²) < 4.78 is 52.0. The Hall–Kier alpha value is -2.58. The number of ether oxygens (including phenoxy) is 2. The summed E-state index contributed by atoms with van der Waals surface area (Å²) in [5.41, 5.74) is 2.56. The molecule has 1 aliphatic rings. The smallest absolute Gasteiger partial charge is 0.247 e. The van der Waals surface area contributed by atoms with Crippen LogP contribution >= 0.6 is 0 Å². The lowest BCUT2D eigenvalue weighted by Gasteiger charge is -2.27. The number of hydrogen-bond acceptors (Lipinski definition) is 4. The number of methoxy groups -OCH3 is 2. The highest BCUT2D eigenvalue weighted by atomic mass is 32.2. The quantitative estimate of drug-likeness (QED) is 0.743. The second-order valence-electron chi connectivity index (χ2n) is 6.38. The minimum absolute atomic E-state index is 0.0545. The van der Waals surface area contributed by atoms with E-state index in [0.29, 0.717) is 24.1 Å². The molecule has 1 N–H and O–H groups in total. The van der Waals surface area contributed by atoms with Crippen LogP contribution in [0, 0.1) is 5.82 Å². The average Bonchev–Trinajstić information content (AvgIpc) is 3.04. The monoisotopic (exact) mass is 390 g/mol. The zero-order valence-corrected chi connectivity index (χ0v) is 15.8. The van der Waals surface area contributed by atoms with Crippen LogP contribution in [0.25, 0.3) is 10.9 Å². The van der Waals surface area contributed by atoms with Crippen LogP contribution in [-0.4, -0.2) is 38.5 Å². The molecule has 142 valence electrons. The fraction of sp³-hybridized carbons (Fsp3) is 0.263. The Morgan fingerprint density at radius 2 is 1.93 bits per heavy atom. The van der Waals surface area contributed by atoms with Crippen molar-refractivity contribution in [2.45, 2.75) is 17.9 Å². The molecule has 1 aliphatic heterocycles. The van der Waals surface area contributed by atoms with Crippen LogP contribution in [-0.2, 0) is 23.0 Å². The van der Waals surface area contributed by atoms with Crippen LogP contribution in [0.2, 0.25) is 0 Å². The van der Waals surface area contributed by atoms with Gasteiger partial charge in [0.05, 0.1) is 14.2 Å². The molecule has 1 aromatic heterocycles. The van der Waals surface area contributed by atoms with E-state index in [1.165, 1.54) is 36.7 Å². The highest BCUT2D eigenvalue weighted by Crippen LogP contribution is 2.35. The van der Waals surface area contributed by atoms with Crippen LogP contribution in [0.1, 0.15) is 11.3 Å². The van der Waals surface area contributed by atoms with Gasteiger partial charge in [-0.2, -0.15) is 4.31 Å². The number of aromatic nitrogens is 1. The highest BCUT2D eigenvalue weighted by Gasteiger charge is 2.32. The second-order valence-corrected chi connectivity index (χ2v) is 8.28. The molecule has 3 aromatic rings. The van der Waals surface area contributed by atoms with Crippen molar-refractivity contribution in [3.05, 3.63) is 53.5 Å². The van der Waals surface area contributed by atoms with E-state index in [1.54, 1.807) is 18.2 Å². The summed E-state index contributed by atoms with van der Waals surface area (Å²) in [5.74, 6) is 0.339. The average molecular weight is 390 g/mol. The Balaban J connectivity index is 1.77. The van der Waals surface area contributed by atoms with Gasteiger partial charge in [-0.3, -0.25) is 0 Å². The number of sulfonamides is 1. The van der Waals surface area contributed by atoms with Gasteiger partial charge >= 0.3 is 0 Å². The molecule has 0 spiro atoms. The molecule has 27 heavy (non-hydrogen) atoms. The lowest BCUT2D eigenvalue weighted by molar-refractivity contribution is 0.373. The molecule has 0 saturated heterocycles. The Bertz CT molecular complexity index is 1120. The SMILES string of the molecule is COc1ccc(OC)c(S(=O)(=O)N2CCc3[nH]c4ccc(F)cc4c3C2)c1. The Labute approximate surface area is 156 Å². The van der Waals surface area contributed by atoms with Crippen molar-refractivity contribution in [3.63, 3.8) is 0 Å². The molecule has 4 rings (SSSR count). The predicted molar refractivity (Wildman–Crippen MR) is 99.1 cm³/mol. The van der Waals surface area contributed by atoms with Gasteiger partial charge in [-0.05, 0) is 35.9 Å². The van der Waals surface area contributed by atoms with E-state index < -0.39 is 10.0 Å². The molecule has 0 bridgehead atoms. The van der Waals surface area contributed by atoms with Crippen molar-refractivity contribution in [1.29, 1.82) is 0 Å². The number of halogens is 1.